The first kappa shape index (κ1) is 15.9. The SMILES string of the molecule is N#Cc1ccc(Br)cc1NC(=O)CC1CS(=O)(=O)CCN1. The fraction of sp³-hybridized carbons (Fsp3) is 0.385. The highest BCUT2D eigenvalue weighted by Gasteiger charge is 2.26. The lowest BCUT2D eigenvalue weighted by atomic mass is 10.1. The number of rotatable bonds is 3. The number of hydrogen-bond donors (Lipinski definition) is 2. The number of nitrogens with one attached hydrogen (secondary N) is 2. The number of nitriles is 1. The van der Waals surface area contributed by atoms with Gasteiger partial charge in [-0.05, 0) is 18.2 Å². The predicted octanol–water partition coefficient (Wildman–Crippen LogP) is 1.04. The van der Waals surface area contributed by atoms with Gasteiger partial charge in [-0.15, -0.1) is 0 Å². The molecule has 1 aliphatic heterocycles. The second-order valence-electron chi connectivity index (χ2n) is 4.82. The van der Waals surface area contributed by atoms with Crippen LogP contribution in [0.4, 0.5) is 5.69 Å². The van der Waals surface area contributed by atoms with Gasteiger partial charge in [0.05, 0.1) is 22.8 Å². The van der Waals surface area contributed by atoms with E-state index in [4.69, 9.17) is 5.26 Å². The van der Waals surface area contributed by atoms with Crippen LogP contribution < -0.4 is 10.6 Å². The van der Waals surface area contributed by atoms with E-state index < -0.39 is 9.84 Å². The van der Waals surface area contributed by atoms with Gasteiger partial charge in [-0.25, -0.2) is 8.42 Å². The van der Waals surface area contributed by atoms with Crippen molar-refractivity contribution in [3.8, 4) is 6.07 Å². The van der Waals surface area contributed by atoms with Gasteiger partial charge in [0, 0.05) is 23.5 Å². The van der Waals surface area contributed by atoms with Crippen LogP contribution in [0.5, 0.6) is 0 Å². The third-order valence-corrected chi connectivity index (χ3v) is 5.34. The first-order valence-electron chi connectivity index (χ1n) is 6.33. The Bertz CT molecular complexity index is 697. The van der Waals surface area contributed by atoms with E-state index in [0.29, 0.717) is 17.8 Å². The van der Waals surface area contributed by atoms with Crippen LogP contribution in [0.2, 0.25) is 0 Å². The topological polar surface area (TPSA) is 99.1 Å². The lowest BCUT2D eigenvalue weighted by molar-refractivity contribution is -0.116. The maximum Gasteiger partial charge on any atom is 0.226 e. The number of halogens is 1. The number of carbonyl (C=O) groups excluding carboxylic acids is 1. The highest BCUT2D eigenvalue weighted by Crippen LogP contribution is 2.21. The van der Waals surface area contributed by atoms with Crippen LogP contribution in [0.15, 0.2) is 22.7 Å². The number of nitrogens with zero attached hydrogens (tertiary/aromatic N) is 1. The Hall–Kier alpha value is -1.43. The minimum absolute atomic E-state index is 0.0377. The van der Waals surface area contributed by atoms with Crippen LogP contribution in [-0.2, 0) is 14.6 Å². The van der Waals surface area contributed by atoms with Crippen molar-refractivity contribution >= 4 is 37.4 Å². The predicted molar refractivity (Wildman–Crippen MR) is 82.5 cm³/mol. The molecule has 6 nitrogen and oxygen atoms in total. The van der Waals surface area contributed by atoms with Gasteiger partial charge < -0.3 is 10.6 Å². The van der Waals surface area contributed by atoms with E-state index in [0.717, 1.165) is 4.47 Å². The van der Waals surface area contributed by atoms with E-state index in [1.807, 2.05) is 6.07 Å². The maximum atomic E-state index is 12.0. The van der Waals surface area contributed by atoms with Crippen molar-refractivity contribution < 1.29 is 13.2 Å². The van der Waals surface area contributed by atoms with E-state index in [2.05, 4.69) is 26.6 Å². The number of carbonyl (C=O) groups is 1. The van der Waals surface area contributed by atoms with Crippen LogP contribution in [0.1, 0.15) is 12.0 Å². The summed E-state index contributed by atoms with van der Waals surface area (Å²) in [4.78, 5) is 12.0. The van der Waals surface area contributed by atoms with Crippen LogP contribution in [0, 0.1) is 11.3 Å². The minimum atomic E-state index is -3.07. The lowest BCUT2D eigenvalue weighted by Crippen LogP contribution is -2.46. The molecule has 1 unspecified atom stereocenters. The number of sulfone groups is 1. The molecule has 0 aliphatic carbocycles. The summed E-state index contributed by atoms with van der Waals surface area (Å²) in [6, 6.07) is 6.56. The summed E-state index contributed by atoms with van der Waals surface area (Å²) in [5.41, 5.74) is 0.770. The number of amides is 1. The highest BCUT2D eigenvalue weighted by molar-refractivity contribution is 9.10. The Morgan fingerprint density at radius 1 is 1.52 bits per heavy atom. The van der Waals surface area contributed by atoms with Gasteiger partial charge >= 0.3 is 0 Å². The first-order valence-corrected chi connectivity index (χ1v) is 8.94. The minimum Gasteiger partial charge on any atom is -0.325 e. The molecule has 1 amide bonds. The molecule has 112 valence electrons. The summed E-state index contributed by atoms with van der Waals surface area (Å²) >= 11 is 3.28. The standard InChI is InChI=1S/C13H14BrN3O3S/c14-10-2-1-9(7-15)12(5-10)17-13(18)6-11-8-21(19,20)4-3-16-11/h1-2,5,11,16H,3-4,6,8H2,(H,17,18). The summed E-state index contributed by atoms with van der Waals surface area (Å²) in [5.74, 6) is -0.251. The molecule has 0 saturated carbocycles. The smallest absolute Gasteiger partial charge is 0.226 e. The van der Waals surface area contributed by atoms with Gasteiger partial charge in [0.2, 0.25) is 5.91 Å². The van der Waals surface area contributed by atoms with E-state index >= 15 is 0 Å². The third kappa shape index (κ3) is 4.52. The zero-order valence-corrected chi connectivity index (χ0v) is 13.5. The normalized spacial score (nSPS) is 20.5. The van der Waals surface area contributed by atoms with Crippen LogP contribution in [-0.4, -0.2) is 38.4 Å². The van der Waals surface area contributed by atoms with Crippen LogP contribution >= 0.6 is 15.9 Å². The molecule has 0 aromatic heterocycles. The van der Waals surface area contributed by atoms with Gasteiger partial charge in [-0.3, -0.25) is 4.79 Å². The molecule has 1 saturated heterocycles. The first-order chi connectivity index (χ1) is 9.89. The Morgan fingerprint density at radius 2 is 2.29 bits per heavy atom. The average molecular weight is 372 g/mol. The Balaban J connectivity index is 2.02. The largest absolute Gasteiger partial charge is 0.325 e. The molecule has 2 rings (SSSR count). The summed E-state index contributed by atoms with van der Waals surface area (Å²) in [6.45, 7) is 0.362. The fourth-order valence-corrected chi connectivity index (χ4v) is 3.95. The Kier molecular flexibility index (Phi) is 4.98. The molecule has 1 heterocycles. The Morgan fingerprint density at radius 3 is 2.95 bits per heavy atom. The van der Waals surface area contributed by atoms with E-state index in [-0.39, 0.29) is 29.9 Å². The average Bonchev–Trinajstić information content (AvgIpc) is 2.37. The van der Waals surface area contributed by atoms with Crippen molar-refractivity contribution in [3.63, 3.8) is 0 Å². The van der Waals surface area contributed by atoms with Crippen molar-refractivity contribution in [2.75, 3.05) is 23.4 Å². The third-order valence-electron chi connectivity index (χ3n) is 3.11. The summed E-state index contributed by atoms with van der Waals surface area (Å²) in [6.07, 6.45) is 0.0522. The summed E-state index contributed by atoms with van der Waals surface area (Å²) in [5, 5.41) is 14.7. The van der Waals surface area contributed by atoms with E-state index in [9.17, 15) is 13.2 Å². The monoisotopic (exact) mass is 371 g/mol. The second kappa shape index (κ2) is 6.56. The molecule has 1 aromatic carbocycles. The molecule has 0 bridgehead atoms. The number of anilines is 1. The Labute approximate surface area is 131 Å². The zero-order valence-electron chi connectivity index (χ0n) is 11.1. The molecule has 1 aromatic rings. The van der Waals surface area contributed by atoms with Gasteiger partial charge in [-0.2, -0.15) is 5.26 Å². The van der Waals surface area contributed by atoms with Gasteiger partial charge in [-0.1, -0.05) is 15.9 Å². The van der Waals surface area contributed by atoms with Gasteiger partial charge in [0.15, 0.2) is 9.84 Å². The molecule has 1 atom stereocenters. The molecule has 0 spiro atoms. The molecule has 2 N–H and O–H groups in total. The van der Waals surface area contributed by atoms with E-state index in [1.54, 1.807) is 18.2 Å². The molecule has 1 fully saturated rings. The summed E-state index contributed by atoms with van der Waals surface area (Å²) < 4.78 is 23.8. The molecule has 21 heavy (non-hydrogen) atoms. The lowest BCUT2D eigenvalue weighted by Gasteiger charge is -2.23. The highest BCUT2D eigenvalue weighted by atomic mass is 79.9. The molecular formula is C13H14BrN3O3S. The van der Waals surface area contributed by atoms with Crippen LogP contribution in [0.25, 0.3) is 0 Å². The molecule has 1 aliphatic rings. The van der Waals surface area contributed by atoms with Crippen molar-refractivity contribution in [1.82, 2.24) is 5.32 Å². The van der Waals surface area contributed by atoms with Gasteiger partial charge in [0.1, 0.15) is 6.07 Å². The van der Waals surface area contributed by atoms with Gasteiger partial charge in [0.25, 0.3) is 0 Å². The molecule has 0 radical (unpaired) electrons. The number of hydrogen-bond acceptors (Lipinski definition) is 5. The summed E-state index contributed by atoms with van der Waals surface area (Å²) in [7, 11) is -3.07. The maximum absolute atomic E-state index is 12.0. The molecular weight excluding hydrogens is 358 g/mol. The van der Waals surface area contributed by atoms with Crippen molar-refractivity contribution in [2.45, 2.75) is 12.5 Å². The van der Waals surface area contributed by atoms with Crippen molar-refractivity contribution in [1.29, 1.82) is 5.26 Å². The van der Waals surface area contributed by atoms with Crippen molar-refractivity contribution in [3.05, 3.63) is 28.2 Å². The van der Waals surface area contributed by atoms with Crippen LogP contribution in [0.3, 0.4) is 0 Å². The zero-order chi connectivity index (χ0) is 15.5. The quantitative estimate of drug-likeness (QED) is 0.826. The molecule has 8 heteroatoms. The second-order valence-corrected chi connectivity index (χ2v) is 7.96. The van der Waals surface area contributed by atoms with Crippen molar-refractivity contribution in [2.24, 2.45) is 0 Å². The van der Waals surface area contributed by atoms with E-state index in [1.165, 1.54) is 0 Å². The number of benzene rings is 1. The fourth-order valence-electron chi connectivity index (χ4n) is 2.14.